The van der Waals surface area contributed by atoms with Gasteiger partial charge in [-0.15, -0.1) is 0 Å². The molecule has 6 heteroatoms. The molecule has 0 unspecified atom stereocenters. The van der Waals surface area contributed by atoms with E-state index in [1.54, 1.807) is 0 Å². The number of benzene rings is 1. The van der Waals surface area contributed by atoms with Gasteiger partial charge < -0.3 is 0 Å². The third-order valence-electron chi connectivity index (χ3n) is 3.04. The van der Waals surface area contributed by atoms with Gasteiger partial charge in [-0.3, -0.25) is 14.3 Å². The maximum atomic E-state index is 5.21. The van der Waals surface area contributed by atoms with Gasteiger partial charge in [0.25, 0.3) is 0 Å². The van der Waals surface area contributed by atoms with Crippen LogP contribution in [-0.2, 0) is 13.6 Å². The van der Waals surface area contributed by atoms with E-state index in [1.807, 2.05) is 41.4 Å². The minimum absolute atomic E-state index is 0.627. The van der Waals surface area contributed by atoms with Crippen molar-refractivity contribution >= 4 is 23.1 Å². The first-order valence-electron chi connectivity index (χ1n) is 5.79. The lowest BCUT2D eigenvalue weighted by Gasteiger charge is -2.00. The molecular formula is C12H13N5S. The Hall–Kier alpha value is -1.95. The molecule has 1 aromatic carbocycles. The molecular weight excluding hydrogens is 246 g/mol. The number of hydrogen-bond acceptors (Lipinski definition) is 3. The SMILES string of the molecule is CCn1c(-c2nn(C)c3ccccc23)n[nH]c1=S. The summed E-state index contributed by atoms with van der Waals surface area (Å²) in [7, 11) is 1.93. The molecule has 0 aliphatic heterocycles. The monoisotopic (exact) mass is 259 g/mol. The molecule has 0 atom stereocenters. The van der Waals surface area contributed by atoms with Gasteiger partial charge in [0.05, 0.1) is 5.52 Å². The molecule has 2 heterocycles. The number of H-pyrrole nitrogens is 1. The molecule has 1 N–H and O–H groups in total. The highest BCUT2D eigenvalue weighted by molar-refractivity contribution is 7.71. The topological polar surface area (TPSA) is 51.4 Å². The van der Waals surface area contributed by atoms with Crippen molar-refractivity contribution in [2.45, 2.75) is 13.5 Å². The van der Waals surface area contributed by atoms with Gasteiger partial charge in [0.1, 0.15) is 5.69 Å². The second-order valence-corrected chi connectivity index (χ2v) is 4.47. The van der Waals surface area contributed by atoms with Crippen molar-refractivity contribution in [2.24, 2.45) is 7.05 Å². The highest BCUT2D eigenvalue weighted by Crippen LogP contribution is 2.25. The summed E-state index contributed by atoms with van der Waals surface area (Å²) in [6, 6.07) is 8.11. The first-order chi connectivity index (χ1) is 8.72. The minimum Gasteiger partial charge on any atom is -0.299 e. The van der Waals surface area contributed by atoms with Crippen LogP contribution in [0.25, 0.3) is 22.4 Å². The lowest BCUT2D eigenvalue weighted by Crippen LogP contribution is -1.99. The zero-order valence-electron chi connectivity index (χ0n) is 10.2. The Kier molecular flexibility index (Phi) is 2.52. The average Bonchev–Trinajstić information content (AvgIpc) is 2.91. The van der Waals surface area contributed by atoms with Gasteiger partial charge in [-0.1, -0.05) is 18.2 Å². The molecule has 0 aliphatic rings. The summed E-state index contributed by atoms with van der Waals surface area (Å²) in [6.45, 7) is 2.81. The first kappa shape index (κ1) is 11.2. The maximum Gasteiger partial charge on any atom is 0.195 e. The molecule has 18 heavy (non-hydrogen) atoms. The zero-order valence-corrected chi connectivity index (χ0v) is 11.0. The Morgan fingerprint density at radius 1 is 1.33 bits per heavy atom. The molecule has 0 radical (unpaired) electrons. The molecule has 0 amide bonds. The number of para-hydroxylation sites is 1. The lowest BCUT2D eigenvalue weighted by atomic mass is 10.2. The summed E-state index contributed by atoms with van der Waals surface area (Å²) >= 11 is 5.21. The number of aromatic nitrogens is 5. The predicted octanol–water partition coefficient (Wildman–Crippen LogP) is 2.51. The molecule has 5 nitrogen and oxygen atoms in total. The quantitative estimate of drug-likeness (QED) is 0.719. The molecule has 0 saturated carbocycles. The van der Waals surface area contributed by atoms with E-state index in [4.69, 9.17) is 12.2 Å². The van der Waals surface area contributed by atoms with Gasteiger partial charge >= 0.3 is 0 Å². The summed E-state index contributed by atoms with van der Waals surface area (Å²) in [5.74, 6) is 0.791. The van der Waals surface area contributed by atoms with Gasteiger partial charge in [-0.2, -0.15) is 10.2 Å². The molecule has 0 aliphatic carbocycles. The second-order valence-electron chi connectivity index (χ2n) is 4.09. The Balaban J connectivity index is 2.35. The van der Waals surface area contributed by atoms with E-state index in [0.29, 0.717) is 4.77 Å². The largest absolute Gasteiger partial charge is 0.299 e. The lowest BCUT2D eigenvalue weighted by molar-refractivity contribution is 0.744. The standard InChI is InChI=1S/C12H13N5S/c1-3-17-11(13-14-12(17)18)10-8-6-4-5-7-9(8)16(2)15-10/h4-7H,3H2,1-2H3,(H,14,18). The van der Waals surface area contributed by atoms with E-state index in [2.05, 4.69) is 21.4 Å². The normalized spacial score (nSPS) is 11.2. The fourth-order valence-corrected chi connectivity index (χ4v) is 2.43. The summed E-state index contributed by atoms with van der Waals surface area (Å²) in [5.41, 5.74) is 1.95. The molecule has 3 rings (SSSR count). The Morgan fingerprint density at radius 2 is 2.11 bits per heavy atom. The third-order valence-corrected chi connectivity index (χ3v) is 3.36. The van der Waals surface area contributed by atoms with Crippen LogP contribution in [0.4, 0.5) is 0 Å². The molecule has 0 saturated heterocycles. The van der Waals surface area contributed by atoms with Crippen molar-refractivity contribution in [3.63, 3.8) is 0 Å². The van der Waals surface area contributed by atoms with Crippen LogP contribution in [0.2, 0.25) is 0 Å². The Labute approximate surface area is 109 Å². The number of nitrogens with zero attached hydrogens (tertiary/aromatic N) is 4. The van der Waals surface area contributed by atoms with Crippen LogP contribution in [0.1, 0.15) is 6.92 Å². The molecule has 3 aromatic rings. The second kappa shape index (κ2) is 4.06. The average molecular weight is 259 g/mol. The summed E-state index contributed by atoms with van der Waals surface area (Å²) in [4.78, 5) is 0. The van der Waals surface area contributed by atoms with Gasteiger partial charge in [0.15, 0.2) is 10.6 Å². The fraction of sp³-hybridized carbons (Fsp3) is 0.250. The van der Waals surface area contributed by atoms with E-state index in [-0.39, 0.29) is 0 Å². The highest BCUT2D eigenvalue weighted by atomic mass is 32.1. The van der Waals surface area contributed by atoms with Crippen molar-refractivity contribution in [1.29, 1.82) is 0 Å². The van der Waals surface area contributed by atoms with Crippen LogP contribution in [0.5, 0.6) is 0 Å². The summed E-state index contributed by atoms with van der Waals surface area (Å²) in [6.07, 6.45) is 0. The summed E-state index contributed by atoms with van der Waals surface area (Å²) in [5, 5.41) is 12.8. The van der Waals surface area contributed by atoms with Crippen LogP contribution < -0.4 is 0 Å². The van der Waals surface area contributed by atoms with Crippen LogP contribution in [0.15, 0.2) is 24.3 Å². The van der Waals surface area contributed by atoms with E-state index < -0.39 is 0 Å². The molecule has 2 aromatic heterocycles. The van der Waals surface area contributed by atoms with Crippen molar-refractivity contribution < 1.29 is 0 Å². The Morgan fingerprint density at radius 3 is 2.89 bits per heavy atom. The van der Waals surface area contributed by atoms with Crippen molar-refractivity contribution in [3.05, 3.63) is 29.0 Å². The zero-order chi connectivity index (χ0) is 12.7. The Bertz CT molecular complexity index is 764. The molecule has 92 valence electrons. The van der Waals surface area contributed by atoms with E-state index in [1.165, 1.54) is 0 Å². The fourth-order valence-electron chi connectivity index (χ4n) is 2.17. The number of rotatable bonds is 2. The van der Waals surface area contributed by atoms with Crippen LogP contribution in [0.3, 0.4) is 0 Å². The molecule has 0 fully saturated rings. The van der Waals surface area contributed by atoms with Crippen molar-refractivity contribution in [3.8, 4) is 11.5 Å². The predicted molar refractivity (Wildman–Crippen MR) is 72.8 cm³/mol. The number of nitrogens with one attached hydrogen (secondary N) is 1. The third kappa shape index (κ3) is 1.49. The van der Waals surface area contributed by atoms with Crippen LogP contribution in [0, 0.1) is 4.77 Å². The van der Waals surface area contributed by atoms with Crippen molar-refractivity contribution in [2.75, 3.05) is 0 Å². The van der Waals surface area contributed by atoms with Crippen LogP contribution in [-0.4, -0.2) is 24.5 Å². The molecule has 0 bridgehead atoms. The van der Waals surface area contributed by atoms with Gasteiger partial charge in [-0.25, -0.2) is 0 Å². The smallest absolute Gasteiger partial charge is 0.195 e. The van der Waals surface area contributed by atoms with Gasteiger partial charge in [0, 0.05) is 19.0 Å². The minimum atomic E-state index is 0.627. The number of fused-ring (bicyclic) bond motifs is 1. The number of aryl methyl sites for hydroxylation is 1. The van der Waals surface area contributed by atoms with Crippen LogP contribution >= 0.6 is 12.2 Å². The maximum absolute atomic E-state index is 5.21. The number of aromatic amines is 1. The number of hydrogen-bond donors (Lipinski definition) is 1. The summed E-state index contributed by atoms with van der Waals surface area (Å²) < 4.78 is 4.44. The van der Waals surface area contributed by atoms with E-state index in [9.17, 15) is 0 Å². The van der Waals surface area contributed by atoms with E-state index in [0.717, 1.165) is 29.0 Å². The van der Waals surface area contributed by atoms with E-state index >= 15 is 0 Å². The highest BCUT2D eigenvalue weighted by Gasteiger charge is 2.15. The molecule has 0 spiro atoms. The van der Waals surface area contributed by atoms with Gasteiger partial charge in [0.2, 0.25) is 0 Å². The van der Waals surface area contributed by atoms with Gasteiger partial charge in [-0.05, 0) is 25.2 Å². The first-order valence-corrected chi connectivity index (χ1v) is 6.20. The van der Waals surface area contributed by atoms with Crippen molar-refractivity contribution in [1.82, 2.24) is 24.5 Å².